The lowest BCUT2D eigenvalue weighted by atomic mass is 9.95. The number of ether oxygens (including phenoxy) is 1. The Morgan fingerprint density at radius 1 is 1.46 bits per heavy atom. The Morgan fingerprint density at radius 2 is 2.15 bits per heavy atom. The zero-order valence-corrected chi connectivity index (χ0v) is 9.47. The third-order valence-corrected chi connectivity index (χ3v) is 3.43. The molecule has 1 aliphatic heterocycles. The predicted molar refractivity (Wildman–Crippen MR) is 56.0 cm³/mol. The lowest BCUT2D eigenvalue weighted by molar-refractivity contribution is -0.00952. The summed E-state index contributed by atoms with van der Waals surface area (Å²) >= 11 is 0. The molecule has 0 saturated carbocycles. The van der Waals surface area contributed by atoms with Crippen LogP contribution >= 0.6 is 0 Å². The zero-order valence-electron chi connectivity index (χ0n) is 9.47. The van der Waals surface area contributed by atoms with Crippen LogP contribution in [0.15, 0.2) is 0 Å². The van der Waals surface area contributed by atoms with Gasteiger partial charge in [0.15, 0.2) is 0 Å². The van der Waals surface area contributed by atoms with Gasteiger partial charge in [0.25, 0.3) is 0 Å². The molecule has 0 spiro atoms. The molecule has 1 rings (SSSR count). The summed E-state index contributed by atoms with van der Waals surface area (Å²) in [5.74, 6) is 0. The van der Waals surface area contributed by atoms with Crippen LogP contribution < -0.4 is 0 Å². The topological polar surface area (TPSA) is 12.5 Å². The second kappa shape index (κ2) is 4.43. The van der Waals surface area contributed by atoms with E-state index in [9.17, 15) is 0 Å². The molecule has 0 amide bonds. The number of likely N-dealkylation sites (tertiary alicyclic amines) is 1. The molecule has 0 aromatic rings. The van der Waals surface area contributed by atoms with E-state index in [-0.39, 0.29) is 0 Å². The van der Waals surface area contributed by atoms with E-state index in [1.54, 1.807) is 0 Å². The first kappa shape index (κ1) is 11.0. The molecule has 0 aliphatic carbocycles. The molecule has 13 heavy (non-hydrogen) atoms. The molecule has 2 heteroatoms. The number of hydrogen-bond acceptors (Lipinski definition) is 2. The van der Waals surface area contributed by atoms with Gasteiger partial charge in [0.1, 0.15) is 0 Å². The minimum absolute atomic E-state index is 0.344. The van der Waals surface area contributed by atoms with Crippen molar-refractivity contribution in [2.24, 2.45) is 0 Å². The van der Waals surface area contributed by atoms with Gasteiger partial charge in [-0.2, -0.15) is 0 Å². The average molecular weight is 185 g/mol. The molecule has 1 fully saturated rings. The number of rotatable bonds is 3. The molecule has 1 atom stereocenters. The molecule has 78 valence electrons. The molecule has 0 N–H and O–H groups in total. The van der Waals surface area contributed by atoms with Crippen molar-refractivity contribution in [3.63, 3.8) is 0 Å². The summed E-state index contributed by atoms with van der Waals surface area (Å²) < 4.78 is 5.42. The van der Waals surface area contributed by atoms with Gasteiger partial charge in [0.2, 0.25) is 0 Å². The van der Waals surface area contributed by atoms with Gasteiger partial charge in [0, 0.05) is 19.2 Å². The fourth-order valence-electron chi connectivity index (χ4n) is 1.90. The Labute approximate surface area is 82.3 Å². The average Bonchev–Trinajstić information content (AvgIpc) is 2.18. The lowest BCUT2D eigenvalue weighted by Gasteiger charge is -2.42. The van der Waals surface area contributed by atoms with Crippen LogP contribution in [-0.2, 0) is 4.74 Å². The third-order valence-electron chi connectivity index (χ3n) is 3.43. The summed E-state index contributed by atoms with van der Waals surface area (Å²) in [6.07, 6.45) is 4.18. The molecule has 0 aromatic heterocycles. The molecule has 2 nitrogen and oxygen atoms in total. The molecule has 1 heterocycles. The van der Waals surface area contributed by atoms with Crippen molar-refractivity contribution >= 4 is 0 Å². The van der Waals surface area contributed by atoms with Crippen molar-refractivity contribution in [1.29, 1.82) is 0 Å². The number of hydrogen-bond donors (Lipinski definition) is 0. The van der Waals surface area contributed by atoms with Gasteiger partial charge < -0.3 is 4.74 Å². The first-order valence-corrected chi connectivity index (χ1v) is 5.38. The minimum Gasteiger partial charge on any atom is -0.380 e. The fraction of sp³-hybridized carbons (Fsp3) is 1.00. The first-order chi connectivity index (χ1) is 6.10. The van der Waals surface area contributed by atoms with E-state index in [2.05, 4.69) is 25.7 Å². The summed E-state index contributed by atoms with van der Waals surface area (Å²) in [6.45, 7) is 9.25. The SMILES string of the molecule is CCC(C)(C)N1CCCC(OC)C1. The van der Waals surface area contributed by atoms with Crippen molar-refractivity contribution in [2.75, 3.05) is 20.2 Å². The summed E-state index contributed by atoms with van der Waals surface area (Å²) in [5.41, 5.74) is 0.344. The standard InChI is InChI=1S/C11H23NO/c1-5-11(2,3)12-8-6-7-10(9-12)13-4/h10H,5-9H2,1-4H3. The van der Waals surface area contributed by atoms with Crippen LogP contribution in [0.25, 0.3) is 0 Å². The molecule has 1 saturated heterocycles. The maximum atomic E-state index is 5.42. The van der Waals surface area contributed by atoms with Crippen LogP contribution in [-0.4, -0.2) is 36.7 Å². The van der Waals surface area contributed by atoms with Crippen molar-refractivity contribution in [3.8, 4) is 0 Å². The second-order valence-corrected chi connectivity index (χ2v) is 4.61. The van der Waals surface area contributed by atoms with Gasteiger partial charge in [-0.1, -0.05) is 6.92 Å². The predicted octanol–water partition coefficient (Wildman–Crippen LogP) is 2.29. The number of methoxy groups -OCH3 is 1. The molecule has 0 radical (unpaired) electrons. The molecule has 1 unspecified atom stereocenters. The van der Waals surface area contributed by atoms with Crippen LogP contribution in [0, 0.1) is 0 Å². The zero-order chi connectivity index (χ0) is 9.90. The normalized spacial score (nSPS) is 26.3. The van der Waals surface area contributed by atoms with Crippen molar-refractivity contribution < 1.29 is 4.74 Å². The Morgan fingerprint density at radius 3 is 2.69 bits per heavy atom. The summed E-state index contributed by atoms with van der Waals surface area (Å²) in [6, 6.07) is 0. The molecular formula is C11H23NO. The van der Waals surface area contributed by atoms with Crippen LogP contribution in [0.1, 0.15) is 40.0 Å². The van der Waals surface area contributed by atoms with Crippen LogP contribution in [0.5, 0.6) is 0 Å². The van der Waals surface area contributed by atoms with E-state index in [1.165, 1.54) is 25.8 Å². The number of nitrogens with zero attached hydrogens (tertiary/aromatic N) is 1. The smallest absolute Gasteiger partial charge is 0.0698 e. The van der Waals surface area contributed by atoms with E-state index in [0.29, 0.717) is 11.6 Å². The van der Waals surface area contributed by atoms with Crippen molar-refractivity contribution in [2.45, 2.75) is 51.7 Å². The monoisotopic (exact) mass is 185 g/mol. The van der Waals surface area contributed by atoms with E-state index in [0.717, 1.165) is 6.54 Å². The van der Waals surface area contributed by atoms with E-state index in [1.807, 2.05) is 7.11 Å². The van der Waals surface area contributed by atoms with Gasteiger partial charge in [-0.25, -0.2) is 0 Å². The highest BCUT2D eigenvalue weighted by atomic mass is 16.5. The Kier molecular flexibility index (Phi) is 3.74. The fourth-order valence-corrected chi connectivity index (χ4v) is 1.90. The summed E-state index contributed by atoms with van der Waals surface area (Å²) in [7, 11) is 1.83. The quantitative estimate of drug-likeness (QED) is 0.669. The van der Waals surface area contributed by atoms with Crippen LogP contribution in [0.3, 0.4) is 0 Å². The highest BCUT2D eigenvalue weighted by Gasteiger charge is 2.29. The third kappa shape index (κ3) is 2.68. The van der Waals surface area contributed by atoms with Crippen molar-refractivity contribution in [1.82, 2.24) is 4.90 Å². The first-order valence-electron chi connectivity index (χ1n) is 5.38. The Balaban J connectivity index is 2.50. The van der Waals surface area contributed by atoms with E-state index in [4.69, 9.17) is 4.74 Å². The molecule has 0 bridgehead atoms. The van der Waals surface area contributed by atoms with E-state index >= 15 is 0 Å². The lowest BCUT2D eigenvalue weighted by Crippen LogP contribution is -2.50. The number of piperidine rings is 1. The van der Waals surface area contributed by atoms with Gasteiger partial charge in [-0.15, -0.1) is 0 Å². The molecular weight excluding hydrogens is 162 g/mol. The Bertz CT molecular complexity index is 156. The maximum Gasteiger partial charge on any atom is 0.0698 e. The summed E-state index contributed by atoms with van der Waals surface area (Å²) in [5, 5.41) is 0. The van der Waals surface area contributed by atoms with Crippen molar-refractivity contribution in [3.05, 3.63) is 0 Å². The van der Waals surface area contributed by atoms with Crippen LogP contribution in [0.2, 0.25) is 0 Å². The van der Waals surface area contributed by atoms with Gasteiger partial charge in [0.05, 0.1) is 6.10 Å². The largest absolute Gasteiger partial charge is 0.380 e. The van der Waals surface area contributed by atoms with Gasteiger partial charge in [-0.05, 0) is 39.7 Å². The van der Waals surface area contributed by atoms with Crippen LogP contribution in [0.4, 0.5) is 0 Å². The Hall–Kier alpha value is -0.0800. The van der Waals surface area contributed by atoms with E-state index < -0.39 is 0 Å². The maximum absolute atomic E-state index is 5.42. The highest BCUT2D eigenvalue weighted by Crippen LogP contribution is 2.24. The summed E-state index contributed by atoms with van der Waals surface area (Å²) in [4.78, 5) is 2.56. The van der Waals surface area contributed by atoms with Gasteiger partial charge >= 0.3 is 0 Å². The second-order valence-electron chi connectivity index (χ2n) is 4.61. The molecule has 0 aromatic carbocycles. The molecule has 1 aliphatic rings. The van der Waals surface area contributed by atoms with Gasteiger partial charge in [-0.3, -0.25) is 4.90 Å². The minimum atomic E-state index is 0.344. The highest BCUT2D eigenvalue weighted by molar-refractivity contribution is 4.85.